The van der Waals surface area contributed by atoms with Gasteiger partial charge in [0.05, 0.1) is 23.4 Å². The molecule has 4 heteroatoms. The number of ether oxygens (including phenoxy) is 1. The summed E-state index contributed by atoms with van der Waals surface area (Å²) in [5, 5.41) is 3.51. The molecule has 0 radical (unpaired) electrons. The molecule has 0 amide bonds. The maximum absolute atomic E-state index is 13.3. The third-order valence-corrected chi connectivity index (χ3v) is 3.82. The van der Waals surface area contributed by atoms with E-state index in [0.717, 1.165) is 38.0 Å². The Hall–Kier alpha value is -0.870. The fraction of sp³-hybridized carbons (Fsp3) is 0.467. The average molecular weight is 328 g/mol. The highest BCUT2D eigenvalue weighted by Crippen LogP contribution is 2.30. The lowest BCUT2D eigenvalue weighted by Crippen LogP contribution is -2.25. The quantitative estimate of drug-likeness (QED) is 0.869. The number of hydrogen-bond donors (Lipinski definition) is 1. The minimum atomic E-state index is -0.230. The van der Waals surface area contributed by atoms with Crippen molar-refractivity contribution in [2.75, 3.05) is 13.2 Å². The molecular weight excluding hydrogens is 309 g/mol. The number of rotatable bonds is 5. The van der Waals surface area contributed by atoms with Crippen LogP contribution in [0.5, 0.6) is 0 Å². The van der Waals surface area contributed by atoms with Crippen molar-refractivity contribution in [3.8, 4) is 0 Å². The summed E-state index contributed by atoms with van der Waals surface area (Å²) in [6.07, 6.45) is 4.98. The average Bonchev–Trinajstić information content (AvgIpc) is 2.44. The van der Waals surface area contributed by atoms with E-state index < -0.39 is 0 Å². The molecule has 1 aliphatic rings. The van der Waals surface area contributed by atoms with Gasteiger partial charge in [0.25, 0.3) is 0 Å². The van der Waals surface area contributed by atoms with E-state index in [4.69, 9.17) is 4.74 Å². The molecule has 0 fully saturated rings. The van der Waals surface area contributed by atoms with E-state index in [1.165, 1.54) is 11.6 Å². The lowest BCUT2D eigenvalue weighted by Gasteiger charge is -2.25. The molecule has 2 nitrogen and oxygen atoms in total. The van der Waals surface area contributed by atoms with Crippen LogP contribution in [0.15, 0.2) is 34.5 Å². The Morgan fingerprint density at radius 3 is 2.95 bits per heavy atom. The van der Waals surface area contributed by atoms with Crippen molar-refractivity contribution in [1.82, 2.24) is 5.32 Å². The highest BCUT2D eigenvalue weighted by Gasteiger charge is 2.19. The van der Waals surface area contributed by atoms with Crippen LogP contribution in [-0.4, -0.2) is 13.2 Å². The zero-order valence-electron chi connectivity index (χ0n) is 11.1. The van der Waals surface area contributed by atoms with Crippen LogP contribution < -0.4 is 5.32 Å². The molecule has 1 aliphatic heterocycles. The van der Waals surface area contributed by atoms with Crippen molar-refractivity contribution < 1.29 is 9.13 Å². The van der Waals surface area contributed by atoms with Crippen molar-refractivity contribution >= 4 is 15.9 Å². The molecular formula is C15H19BrFNO. The molecule has 1 unspecified atom stereocenters. The molecule has 1 atom stereocenters. The van der Waals surface area contributed by atoms with Gasteiger partial charge >= 0.3 is 0 Å². The second-order valence-electron chi connectivity index (χ2n) is 4.73. The monoisotopic (exact) mass is 327 g/mol. The maximum atomic E-state index is 13.3. The van der Waals surface area contributed by atoms with Crippen LogP contribution in [0, 0.1) is 5.82 Å². The van der Waals surface area contributed by atoms with E-state index in [2.05, 4.69) is 28.2 Å². The lowest BCUT2D eigenvalue weighted by molar-refractivity contribution is 0.219. The molecule has 2 rings (SSSR count). The van der Waals surface area contributed by atoms with Gasteiger partial charge in [-0.1, -0.05) is 13.0 Å². The van der Waals surface area contributed by atoms with Gasteiger partial charge in [0.15, 0.2) is 0 Å². The van der Waals surface area contributed by atoms with Gasteiger partial charge in [-0.3, -0.25) is 0 Å². The van der Waals surface area contributed by atoms with Crippen LogP contribution in [0.25, 0.3) is 0 Å². The van der Waals surface area contributed by atoms with Gasteiger partial charge < -0.3 is 10.1 Å². The molecule has 0 spiro atoms. The minimum Gasteiger partial charge on any atom is -0.501 e. The minimum absolute atomic E-state index is 0.108. The summed E-state index contributed by atoms with van der Waals surface area (Å²) in [7, 11) is 0. The zero-order valence-corrected chi connectivity index (χ0v) is 12.7. The maximum Gasteiger partial charge on any atom is 0.137 e. The van der Waals surface area contributed by atoms with Crippen LogP contribution in [0.4, 0.5) is 4.39 Å². The molecule has 0 saturated heterocycles. The van der Waals surface area contributed by atoms with Crippen LogP contribution in [-0.2, 0) is 4.74 Å². The van der Waals surface area contributed by atoms with E-state index in [-0.39, 0.29) is 11.9 Å². The molecule has 19 heavy (non-hydrogen) atoms. The van der Waals surface area contributed by atoms with Gasteiger partial charge in [0.1, 0.15) is 5.82 Å². The Morgan fingerprint density at radius 1 is 1.47 bits per heavy atom. The van der Waals surface area contributed by atoms with E-state index >= 15 is 0 Å². The Bertz CT molecular complexity index is 461. The Morgan fingerprint density at radius 2 is 2.32 bits per heavy atom. The third kappa shape index (κ3) is 3.80. The van der Waals surface area contributed by atoms with Crippen molar-refractivity contribution in [3.05, 3.63) is 45.9 Å². The highest BCUT2D eigenvalue weighted by atomic mass is 79.9. The van der Waals surface area contributed by atoms with Gasteiger partial charge in [-0.2, -0.15) is 0 Å². The fourth-order valence-electron chi connectivity index (χ4n) is 2.24. The van der Waals surface area contributed by atoms with E-state index in [1.54, 1.807) is 0 Å². The molecule has 1 aromatic rings. The third-order valence-electron chi connectivity index (χ3n) is 3.21. The summed E-state index contributed by atoms with van der Waals surface area (Å²) in [5.74, 6) is -0.230. The number of halogens is 2. The molecule has 0 aliphatic carbocycles. The van der Waals surface area contributed by atoms with Crippen molar-refractivity contribution in [2.24, 2.45) is 0 Å². The molecule has 0 aromatic heterocycles. The van der Waals surface area contributed by atoms with E-state index in [9.17, 15) is 4.39 Å². The first-order valence-electron chi connectivity index (χ1n) is 6.71. The fourth-order valence-corrected chi connectivity index (χ4v) is 2.64. The normalized spacial score (nSPS) is 16.7. The summed E-state index contributed by atoms with van der Waals surface area (Å²) >= 11 is 3.25. The molecule has 1 aromatic carbocycles. The van der Waals surface area contributed by atoms with Gasteiger partial charge in [0.2, 0.25) is 0 Å². The molecule has 0 saturated carbocycles. The smallest absolute Gasteiger partial charge is 0.137 e. The molecule has 1 N–H and O–H groups in total. The van der Waals surface area contributed by atoms with Gasteiger partial charge in [-0.05, 0) is 65.0 Å². The Labute approximate surface area is 122 Å². The first kappa shape index (κ1) is 14.5. The van der Waals surface area contributed by atoms with Crippen molar-refractivity contribution in [2.45, 2.75) is 32.2 Å². The predicted octanol–water partition coefficient (Wildman–Crippen LogP) is 4.32. The zero-order chi connectivity index (χ0) is 13.7. The lowest BCUT2D eigenvalue weighted by atomic mass is 9.95. The summed E-state index contributed by atoms with van der Waals surface area (Å²) < 4.78 is 19.3. The number of benzene rings is 1. The summed E-state index contributed by atoms with van der Waals surface area (Å²) in [4.78, 5) is 0. The van der Waals surface area contributed by atoms with Gasteiger partial charge in [-0.25, -0.2) is 4.39 Å². The van der Waals surface area contributed by atoms with E-state index in [1.807, 2.05) is 18.4 Å². The molecule has 1 heterocycles. The Balaban J connectivity index is 2.25. The van der Waals surface area contributed by atoms with Crippen molar-refractivity contribution in [3.63, 3.8) is 0 Å². The van der Waals surface area contributed by atoms with Crippen LogP contribution >= 0.6 is 15.9 Å². The molecule has 104 valence electrons. The van der Waals surface area contributed by atoms with Gasteiger partial charge in [-0.15, -0.1) is 0 Å². The number of hydrogen-bond acceptors (Lipinski definition) is 2. The van der Waals surface area contributed by atoms with Gasteiger partial charge in [0, 0.05) is 0 Å². The topological polar surface area (TPSA) is 21.3 Å². The molecule has 0 bridgehead atoms. The van der Waals surface area contributed by atoms with Crippen LogP contribution in [0.1, 0.15) is 37.8 Å². The largest absolute Gasteiger partial charge is 0.501 e. The summed E-state index contributed by atoms with van der Waals surface area (Å²) in [5.41, 5.74) is 2.30. The second-order valence-corrected chi connectivity index (χ2v) is 5.58. The van der Waals surface area contributed by atoms with E-state index in [0.29, 0.717) is 4.47 Å². The summed E-state index contributed by atoms with van der Waals surface area (Å²) in [6.45, 7) is 3.85. The summed E-state index contributed by atoms with van der Waals surface area (Å²) in [6, 6.07) is 5.29. The van der Waals surface area contributed by atoms with Crippen molar-refractivity contribution in [1.29, 1.82) is 0 Å². The first-order valence-corrected chi connectivity index (χ1v) is 7.50. The highest BCUT2D eigenvalue weighted by molar-refractivity contribution is 9.10. The second kappa shape index (κ2) is 7.06. The SMILES string of the molecule is CCCNC(C1=COCCC1)c1ccc(F)c(Br)c1. The van der Waals surface area contributed by atoms with Crippen LogP contribution in [0.2, 0.25) is 0 Å². The Kier molecular flexibility index (Phi) is 5.40. The number of nitrogens with one attached hydrogen (secondary N) is 1. The predicted molar refractivity (Wildman–Crippen MR) is 78.4 cm³/mol. The first-order chi connectivity index (χ1) is 9.22. The van der Waals surface area contributed by atoms with Crippen LogP contribution in [0.3, 0.4) is 0 Å². The standard InChI is InChI=1S/C15H19BrFNO/c1-2-7-18-15(12-4-3-8-19-10-12)11-5-6-14(17)13(16)9-11/h5-6,9-10,15,18H,2-4,7-8H2,1H3.